The van der Waals surface area contributed by atoms with Gasteiger partial charge in [-0.05, 0) is 19.3 Å². The Morgan fingerprint density at radius 3 is 1.91 bits per heavy atom. The van der Waals surface area contributed by atoms with Crippen molar-refractivity contribution in [2.24, 2.45) is 5.92 Å². The zero-order valence-corrected chi connectivity index (χ0v) is 14.6. The van der Waals surface area contributed by atoms with E-state index in [9.17, 15) is 23.4 Å². The van der Waals surface area contributed by atoms with Crippen LogP contribution in [0, 0.1) is 18.2 Å². The maximum Gasteiger partial charge on any atom is 0.349 e. The Morgan fingerprint density at radius 1 is 1.04 bits per heavy atom. The van der Waals surface area contributed by atoms with Crippen LogP contribution in [0.5, 0.6) is 0 Å². The Balaban J connectivity index is 4.95. The highest BCUT2D eigenvalue weighted by atomic mass is 31.2. The van der Waals surface area contributed by atoms with E-state index in [2.05, 4.69) is 11.4 Å². The monoisotopic (exact) mass is 396 g/mol. The van der Waals surface area contributed by atoms with Gasteiger partial charge in [0.25, 0.3) is 0 Å². The molecule has 0 heterocycles. The van der Waals surface area contributed by atoms with Gasteiger partial charge in [0.05, 0.1) is 12.5 Å². The van der Waals surface area contributed by atoms with Crippen LogP contribution in [0.3, 0.4) is 0 Å². The van der Waals surface area contributed by atoms with Gasteiger partial charge in [-0.1, -0.05) is 6.92 Å². The molecule has 0 aliphatic rings. The van der Waals surface area contributed by atoms with Gasteiger partial charge in [0, 0.05) is 6.16 Å². The van der Waals surface area contributed by atoms with E-state index in [1.165, 1.54) is 0 Å². The summed E-state index contributed by atoms with van der Waals surface area (Å²) in [4.78, 5) is 56.2. The van der Waals surface area contributed by atoms with E-state index in [1.54, 1.807) is 0 Å². The van der Waals surface area contributed by atoms with Crippen molar-refractivity contribution in [1.82, 2.24) is 0 Å². The highest BCUT2D eigenvalue weighted by molar-refractivity contribution is 7.75. The van der Waals surface area contributed by atoms with E-state index in [1.807, 2.05) is 0 Å². The molecule has 0 rings (SSSR count). The van der Waals surface area contributed by atoms with Gasteiger partial charge in [-0.2, -0.15) is 0 Å². The van der Waals surface area contributed by atoms with Gasteiger partial charge >= 0.3 is 28.8 Å². The predicted molar refractivity (Wildman–Crippen MR) is 78.3 cm³/mol. The van der Waals surface area contributed by atoms with Crippen LogP contribution in [0.4, 0.5) is 0 Å². The molecule has 14 heteroatoms. The highest BCUT2D eigenvalue weighted by Gasteiger charge is 2.53. The lowest BCUT2D eigenvalue weighted by atomic mass is 10.1. The smallest absolute Gasteiger partial charge is 0.349 e. The van der Waals surface area contributed by atoms with Crippen LogP contribution < -0.4 is 0 Å². The lowest BCUT2D eigenvalue weighted by Crippen LogP contribution is -2.22. The van der Waals surface area contributed by atoms with Crippen LogP contribution in [0.15, 0.2) is 0 Å². The van der Waals surface area contributed by atoms with Crippen molar-refractivity contribution < 1.29 is 52.6 Å². The molecule has 2 atom stereocenters. The molecule has 0 aromatic heterocycles. The largest absolute Gasteiger partial charge is 0.481 e. The van der Waals surface area contributed by atoms with Crippen molar-refractivity contribution in [2.75, 3.05) is 12.8 Å². The van der Waals surface area contributed by atoms with Gasteiger partial charge in [-0.15, -0.1) is 0 Å². The van der Waals surface area contributed by atoms with E-state index >= 15 is 0 Å². The quantitative estimate of drug-likeness (QED) is 0.213. The predicted octanol–water partition coefficient (Wildman–Crippen LogP) is 0.738. The zero-order chi connectivity index (χ0) is 18.5. The third kappa shape index (κ3) is 8.54. The van der Waals surface area contributed by atoms with E-state index in [0.717, 1.165) is 0 Å². The van der Waals surface area contributed by atoms with E-state index in [-0.39, 0.29) is 12.8 Å². The third-order valence-electron chi connectivity index (χ3n) is 2.60. The second-order valence-electron chi connectivity index (χ2n) is 4.53. The molecule has 0 saturated carbocycles. The van der Waals surface area contributed by atoms with Crippen molar-refractivity contribution in [3.8, 4) is 0 Å². The Labute approximate surface area is 132 Å². The molecule has 0 aromatic rings. The van der Waals surface area contributed by atoms with Crippen LogP contribution in [-0.4, -0.2) is 48.3 Å². The summed E-state index contributed by atoms with van der Waals surface area (Å²) in [7, 11) is -14.7. The Bertz CT molecular complexity index is 535. The average molecular weight is 396 g/mol. The Morgan fingerprint density at radius 2 is 1.57 bits per heavy atom. The summed E-state index contributed by atoms with van der Waals surface area (Å²) in [5.41, 5.74) is 0. The van der Waals surface area contributed by atoms with Crippen LogP contribution in [0.2, 0.25) is 0 Å². The molecule has 0 bridgehead atoms. The molecule has 23 heavy (non-hydrogen) atoms. The lowest BCUT2D eigenvalue weighted by Gasteiger charge is -2.26. The van der Waals surface area contributed by atoms with Crippen LogP contribution >= 0.6 is 22.8 Å². The summed E-state index contributed by atoms with van der Waals surface area (Å²) >= 11 is 0. The first kappa shape index (κ1) is 22.9. The number of aliphatic carboxylic acids is 1. The fourth-order valence-corrected chi connectivity index (χ4v) is 5.52. The zero-order valence-electron chi connectivity index (χ0n) is 11.9. The van der Waals surface area contributed by atoms with Crippen LogP contribution in [0.1, 0.15) is 19.3 Å². The maximum absolute atomic E-state index is 12.0. The topological polar surface area (TPSA) is 199 Å². The summed E-state index contributed by atoms with van der Waals surface area (Å²) in [6, 6.07) is 0. The molecule has 0 aliphatic heterocycles. The molecule has 2 radical (unpaired) electrons. The van der Waals surface area contributed by atoms with Gasteiger partial charge in [0.2, 0.25) is 5.40 Å². The van der Waals surface area contributed by atoms with Crippen molar-refractivity contribution in [3.63, 3.8) is 0 Å². The molecular weight excluding hydrogens is 377 g/mol. The van der Waals surface area contributed by atoms with E-state index in [0.29, 0.717) is 0 Å². The minimum atomic E-state index is -5.37. The Hall–Kier alpha value is -0.0800. The van der Waals surface area contributed by atoms with Gasteiger partial charge in [-0.25, -0.2) is 0 Å². The van der Waals surface area contributed by atoms with E-state index < -0.39 is 59.3 Å². The molecule has 0 spiro atoms. The normalized spacial score (nSPS) is 17.0. The third-order valence-corrected chi connectivity index (χ3v) is 7.37. The molecule has 2 unspecified atom stereocenters. The molecular formula is C9H19O11P3. The molecule has 0 aliphatic carbocycles. The fourth-order valence-electron chi connectivity index (χ4n) is 1.60. The number of hydrogen-bond acceptors (Lipinski definition) is 5. The van der Waals surface area contributed by atoms with Crippen LogP contribution in [0.25, 0.3) is 0 Å². The van der Waals surface area contributed by atoms with Crippen molar-refractivity contribution in [2.45, 2.75) is 19.3 Å². The first-order valence-corrected chi connectivity index (χ1v) is 11.2. The van der Waals surface area contributed by atoms with Gasteiger partial charge < -0.3 is 34.1 Å². The standard InChI is InChI=1S/C9H19O11P3/c1-2-7(8(10)11)9(22(15,16)17)23(18,19)20-5-3-4-6-21(12,13)14/h7H,1-6H2,(H,10,11)(H,18,19)(H2,12,13,14)(H2,15,16,17). The second kappa shape index (κ2) is 8.85. The molecule has 0 fully saturated rings. The molecule has 11 nitrogen and oxygen atoms in total. The summed E-state index contributed by atoms with van der Waals surface area (Å²) in [5, 5.41) is 7.43. The number of carboxylic acid groups (broad SMARTS) is 1. The molecule has 136 valence electrons. The van der Waals surface area contributed by atoms with Crippen molar-refractivity contribution in [1.29, 1.82) is 0 Å². The van der Waals surface area contributed by atoms with Crippen molar-refractivity contribution in [3.05, 3.63) is 12.3 Å². The molecule has 0 saturated heterocycles. The average Bonchev–Trinajstić information content (AvgIpc) is 2.31. The minimum absolute atomic E-state index is 0.0623. The minimum Gasteiger partial charge on any atom is -0.481 e. The summed E-state index contributed by atoms with van der Waals surface area (Å²) in [5.74, 6) is -3.71. The first-order valence-electron chi connectivity index (χ1n) is 6.20. The fraction of sp³-hybridized carbons (Fsp3) is 0.667. The Kier molecular flexibility index (Phi) is 8.82. The number of carboxylic acids is 1. The number of unbranched alkanes of at least 4 members (excludes halogenated alkanes) is 1. The second-order valence-corrected chi connectivity index (χ2v) is 10.0. The summed E-state index contributed by atoms with van der Waals surface area (Å²) in [6.07, 6.45) is -1.21. The lowest BCUT2D eigenvalue weighted by molar-refractivity contribution is -0.140. The van der Waals surface area contributed by atoms with Gasteiger partial charge in [0.15, 0.2) is 0 Å². The summed E-state index contributed by atoms with van der Waals surface area (Å²) < 4.78 is 38.4. The molecule has 6 N–H and O–H groups in total. The molecule has 0 aromatic carbocycles. The first-order chi connectivity index (χ1) is 10.2. The van der Waals surface area contributed by atoms with E-state index in [4.69, 9.17) is 24.7 Å². The molecule has 0 amide bonds. The highest BCUT2D eigenvalue weighted by Crippen LogP contribution is 2.72. The SMILES string of the molecule is [CH2]CC([C](P(=O)(O)O)P(=O)(O)OCCCCP(=O)(O)O)C(=O)O. The van der Waals surface area contributed by atoms with Crippen LogP contribution in [-0.2, 0) is 23.0 Å². The number of rotatable bonds is 11. The maximum atomic E-state index is 12.0. The van der Waals surface area contributed by atoms with Gasteiger partial charge in [-0.3, -0.25) is 18.5 Å². The number of hydrogen-bond donors (Lipinski definition) is 6. The van der Waals surface area contributed by atoms with Gasteiger partial charge in [0.1, 0.15) is 0 Å². The van der Waals surface area contributed by atoms with Crippen molar-refractivity contribution >= 4 is 28.8 Å². The summed E-state index contributed by atoms with van der Waals surface area (Å²) in [6.45, 7) is 2.63. The number of carbonyl (C=O) groups is 1.